The fourth-order valence-electron chi connectivity index (χ4n) is 2.62. The van der Waals surface area contributed by atoms with Crippen molar-refractivity contribution in [3.8, 4) is 0 Å². The first-order valence-corrected chi connectivity index (χ1v) is 8.47. The van der Waals surface area contributed by atoms with E-state index in [4.69, 9.17) is 0 Å². The van der Waals surface area contributed by atoms with Crippen LogP contribution >= 0.6 is 11.3 Å². The average Bonchev–Trinajstić information content (AvgIpc) is 2.79. The molecular weight excluding hydrogens is 312 g/mol. The van der Waals surface area contributed by atoms with Crippen molar-refractivity contribution in [2.45, 2.75) is 20.3 Å². The molecule has 122 valence electrons. The molecule has 1 saturated heterocycles. The van der Waals surface area contributed by atoms with Crippen molar-refractivity contribution in [1.29, 1.82) is 0 Å². The highest BCUT2D eigenvalue weighted by atomic mass is 32.1. The van der Waals surface area contributed by atoms with Crippen LogP contribution in [0.25, 0.3) is 0 Å². The Bertz CT molecular complexity index is 688. The number of nitrogens with one attached hydrogen (secondary N) is 1. The first-order valence-electron chi connectivity index (χ1n) is 7.65. The molecule has 0 unspecified atom stereocenters. The zero-order valence-electron chi connectivity index (χ0n) is 13.3. The van der Waals surface area contributed by atoms with Crippen molar-refractivity contribution in [3.63, 3.8) is 0 Å². The molecule has 0 radical (unpaired) electrons. The minimum Gasteiger partial charge on any atom is -0.370 e. The number of urea groups is 1. The molecule has 3 heterocycles. The van der Waals surface area contributed by atoms with Crippen LogP contribution in [0.2, 0.25) is 0 Å². The van der Waals surface area contributed by atoms with Crippen LogP contribution in [0.1, 0.15) is 17.1 Å². The fourth-order valence-corrected chi connectivity index (χ4v) is 3.21. The monoisotopic (exact) mass is 332 g/mol. The fraction of sp³-hybridized carbons (Fsp3) is 0.467. The standard InChI is InChI=1S/C15H20N6OS/c1-11-10-13(4-5-16-11)20-6-3-7-21(9-8-20)15(22)17-14-19-18-12(2)23-14/h4-5,10H,3,6-9H2,1-2H3,(H,17,19,22). The summed E-state index contributed by atoms with van der Waals surface area (Å²) >= 11 is 1.39. The number of amides is 2. The summed E-state index contributed by atoms with van der Waals surface area (Å²) in [6, 6.07) is 4.00. The molecule has 23 heavy (non-hydrogen) atoms. The van der Waals surface area contributed by atoms with Crippen LogP contribution in [-0.4, -0.2) is 52.3 Å². The second-order valence-electron chi connectivity index (χ2n) is 5.54. The van der Waals surface area contributed by atoms with Gasteiger partial charge in [0.25, 0.3) is 0 Å². The predicted octanol–water partition coefficient (Wildman–Crippen LogP) is 2.29. The van der Waals surface area contributed by atoms with Crippen LogP contribution in [0.5, 0.6) is 0 Å². The quantitative estimate of drug-likeness (QED) is 0.913. The van der Waals surface area contributed by atoms with Gasteiger partial charge in [0.05, 0.1) is 0 Å². The van der Waals surface area contributed by atoms with Gasteiger partial charge in [0.15, 0.2) is 0 Å². The molecule has 0 atom stereocenters. The van der Waals surface area contributed by atoms with Crippen LogP contribution < -0.4 is 10.2 Å². The van der Waals surface area contributed by atoms with Gasteiger partial charge in [0.2, 0.25) is 5.13 Å². The van der Waals surface area contributed by atoms with Crippen LogP contribution in [0, 0.1) is 13.8 Å². The van der Waals surface area contributed by atoms with Crippen molar-refractivity contribution in [2.24, 2.45) is 0 Å². The number of hydrogen-bond donors (Lipinski definition) is 1. The lowest BCUT2D eigenvalue weighted by Gasteiger charge is -2.23. The zero-order chi connectivity index (χ0) is 16.2. The lowest BCUT2D eigenvalue weighted by molar-refractivity contribution is 0.215. The van der Waals surface area contributed by atoms with Crippen LogP contribution in [0.4, 0.5) is 15.6 Å². The topological polar surface area (TPSA) is 74.2 Å². The molecule has 0 aliphatic carbocycles. The number of aryl methyl sites for hydroxylation is 2. The van der Waals surface area contributed by atoms with Crippen molar-refractivity contribution >= 4 is 28.2 Å². The Morgan fingerprint density at radius 2 is 2.09 bits per heavy atom. The average molecular weight is 332 g/mol. The second kappa shape index (κ2) is 6.91. The minimum atomic E-state index is -0.103. The summed E-state index contributed by atoms with van der Waals surface area (Å²) in [5.41, 5.74) is 2.17. The Morgan fingerprint density at radius 3 is 2.83 bits per heavy atom. The van der Waals surface area contributed by atoms with E-state index in [0.717, 1.165) is 36.8 Å². The molecule has 2 aromatic heterocycles. The van der Waals surface area contributed by atoms with E-state index in [1.54, 1.807) is 0 Å². The van der Waals surface area contributed by atoms with Gasteiger partial charge >= 0.3 is 6.03 Å². The normalized spacial score (nSPS) is 15.4. The van der Waals surface area contributed by atoms with Gasteiger partial charge in [-0.05, 0) is 32.4 Å². The number of nitrogens with zero attached hydrogens (tertiary/aromatic N) is 5. The Hall–Kier alpha value is -2.22. The van der Waals surface area contributed by atoms with Gasteiger partial charge in [-0.1, -0.05) is 11.3 Å². The van der Waals surface area contributed by atoms with E-state index < -0.39 is 0 Å². The lowest BCUT2D eigenvalue weighted by atomic mass is 10.3. The maximum atomic E-state index is 12.4. The highest BCUT2D eigenvalue weighted by Gasteiger charge is 2.20. The van der Waals surface area contributed by atoms with Gasteiger partial charge in [0.1, 0.15) is 5.01 Å². The van der Waals surface area contributed by atoms with Crippen molar-refractivity contribution in [1.82, 2.24) is 20.1 Å². The zero-order valence-corrected chi connectivity index (χ0v) is 14.1. The molecule has 3 rings (SSSR count). The number of rotatable bonds is 2. The van der Waals surface area contributed by atoms with Gasteiger partial charge in [-0.2, -0.15) is 0 Å². The maximum Gasteiger partial charge on any atom is 0.323 e. The van der Waals surface area contributed by atoms with E-state index in [1.165, 1.54) is 17.0 Å². The van der Waals surface area contributed by atoms with Crippen molar-refractivity contribution in [3.05, 3.63) is 29.0 Å². The Labute approximate surface area is 139 Å². The third-order valence-corrected chi connectivity index (χ3v) is 4.52. The minimum absolute atomic E-state index is 0.103. The SMILES string of the molecule is Cc1cc(N2CCCN(C(=O)Nc3nnc(C)s3)CC2)ccn1. The van der Waals surface area contributed by atoms with Gasteiger partial charge < -0.3 is 9.80 Å². The third kappa shape index (κ3) is 3.95. The third-order valence-electron chi connectivity index (χ3n) is 3.77. The predicted molar refractivity (Wildman–Crippen MR) is 91.0 cm³/mol. The Kier molecular flexibility index (Phi) is 4.71. The molecule has 0 saturated carbocycles. The summed E-state index contributed by atoms with van der Waals surface area (Å²) in [6.07, 6.45) is 2.77. The Balaban J connectivity index is 1.60. The van der Waals surface area contributed by atoms with Crippen LogP contribution in [0.15, 0.2) is 18.3 Å². The van der Waals surface area contributed by atoms with E-state index in [9.17, 15) is 4.79 Å². The van der Waals surface area contributed by atoms with Gasteiger partial charge in [0, 0.05) is 43.8 Å². The number of aromatic nitrogens is 3. The number of carbonyl (C=O) groups excluding carboxylic acids is 1. The molecular formula is C15H20N6OS. The largest absolute Gasteiger partial charge is 0.370 e. The summed E-state index contributed by atoms with van der Waals surface area (Å²) in [6.45, 7) is 7.03. The van der Waals surface area contributed by atoms with E-state index in [-0.39, 0.29) is 6.03 Å². The summed E-state index contributed by atoms with van der Waals surface area (Å²) in [7, 11) is 0. The van der Waals surface area contributed by atoms with E-state index >= 15 is 0 Å². The van der Waals surface area contributed by atoms with Gasteiger partial charge in [-0.25, -0.2) is 4.79 Å². The molecule has 1 aliphatic heterocycles. The maximum absolute atomic E-state index is 12.4. The molecule has 0 aromatic carbocycles. The summed E-state index contributed by atoms with van der Waals surface area (Å²) in [5, 5.41) is 12.1. The summed E-state index contributed by atoms with van der Waals surface area (Å²) in [5.74, 6) is 0. The highest BCUT2D eigenvalue weighted by molar-refractivity contribution is 7.15. The molecule has 0 spiro atoms. The number of pyridine rings is 1. The lowest BCUT2D eigenvalue weighted by Crippen LogP contribution is -2.38. The van der Waals surface area contributed by atoms with Crippen molar-refractivity contribution in [2.75, 3.05) is 36.4 Å². The molecule has 1 N–H and O–H groups in total. The van der Waals surface area contributed by atoms with Crippen molar-refractivity contribution < 1.29 is 4.79 Å². The van der Waals surface area contributed by atoms with Crippen LogP contribution in [-0.2, 0) is 0 Å². The number of hydrogen-bond acceptors (Lipinski definition) is 6. The van der Waals surface area contributed by atoms with Gasteiger partial charge in [-0.3, -0.25) is 10.3 Å². The number of anilines is 2. The first kappa shape index (κ1) is 15.7. The molecule has 8 heteroatoms. The van der Waals surface area contributed by atoms with E-state index in [0.29, 0.717) is 11.7 Å². The smallest absolute Gasteiger partial charge is 0.323 e. The van der Waals surface area contributed by atoms with Crippen LogP contribution in [0.3, 0.4) is 0 Å². The molecule has 1 fully saturated rings. The Morgan fingerprint density at radius 1 is 1.22 bits per heavy atom. The number of carbonyl (C=O) groups is 1. The molecule has 7 nitrogen and oxygen atoms in total. The molecule has 0 bridgehead atoms. The molecule has 1 aliphatic rings. The molecule has 2 aromatic rings. The van der Waals surface area contributed by atoms with E-state index in [1.807, 2.05) is 31.0 Å². The molecule has 2 amide bonds. The van der Waals surface area contributed by atoms with Gasteiger partial charge in [-0.15, -0.1) is 10.2 Å². The van der Waals surface area contributed by atoms with E-state index in [2.05, 4.69) is 31.5 Å². The first-order chi connectivity index (χ1) is 11.1. The summed E-state index contributed by atoms with van der Waals surface area (Å²) < 4.78 is 0. The summed E-state index contributed by atoms with van der Waals surface area (Å²) in [4.78, 5) is 20.7. The second-order valence-corrected chi connectivity index (χ2v) is 6.72. The highest BCUT2D eigenvalue weighted by Crippen LogP contribution is 2.18.